The summed E-state index contributed by atoms with van der Waals surface area (Å²) in [7, 11) is 0. The summed E-state index contributed by atoms with van der Waals surface area (Å²) in [5.41, 5.74) is 1.03. The maximum absolute atomic E-state index is 12.3. The molecule has 2 aromatic carbocycles. The fourth-order valence-corrected chi connectivity index (χ4v) is 2.63. The third-order valence-corrected chi connectivity index (χ3v) is 3.89. The van der Waals surface area contributed by atoms with Gasteiger partial charge in [0, 0.05) is 17.5 Å². The van der Waals surface area contributed by atoms with Crippen molar-refractivity contribution in [2.24, 2.45) is 0 Å². The molecule has 27 heavy (non-hydrogen) atoms. The molecule has 3 aromatic rings. The largest absolute Gasteiger partial charge is 0.595 e. The second-order valence-electron chi connectivity index (χ2n) is 5.68. The van der Waals surface area contributed by atoms with Crippen molar-refractivity contribution < 1.29 is 33.9 Å². The Bertz CT molecular complexity index is 989. The Labute approximate surface area is 154 Å². The molecule has 0 saturated heterocycles. The molecule has 3 rings (SSSR count). The number of aryl methyl sites for hydroxylation is 1. The maximum atomic E-state index is 12.3. The number of furan rings is 1. The zero-order valence-corrected chi connectivity index (χ0v) is 14.6. The van der Waals surface area contributed by atoms with Crippen LogP contribution in [0.3, 0.4) is 0 Å². The molecule has 0 radical (unpaired) electrons. The van der Waals surface area contributed by atoms with Crippen LogP contribution in [0.5, 0.6) is 5.75 Å². The molecule has 0 bridgehead atoms. The number of fused-ring (bicyclic) bond motifs is 1. The second kappa shape index (κ2) is 7.58. The number of nitrogens with one attached hydrogen (secondary N) is 1. The van der Waals surface area contributed by atoms with Crippen molar-refractivity contribution in [2.75, 3.05) is 6.61 Å². The summed E-state index contributed by atoms with van der Waals surface area (Å²) in [4.78, 5) is 24.4. The second-order valence-corrected chi connectivity index (χ2v) is 5.68. The molecule has 8 heteroatoms. The highest BCUT2D eigenvalue weighted by Crippen LogP contribution is 2.30. The third kappa shape index (κ3) is 3.82. The van der Waals surface area contributed by atoms with Gasteiger partial charge in [0.1, 0.15) is 22.7 Å². The van der Waals surface area contributed by atoms with Crippen molar-refractivity contribution in [1.29, 1.82) is 0 Å². The first-order chi connectivity index (χ1) is 12.9. The van der Waals surface area contributed by atoms with Crippen LogP contribution < -0.4 is 9.96 Å². The Morgan fingerprint density at radius 3 is 2.48 bits per heavy atom. The van der Waals surface area contributed by atoms with Gasteiger partial charge in [0.2, 0.25) is 0 Å². The minimum absolute atomic E-state index is 0.0703. The predicted molar refractivity (Wildman–Crippen MR) is 94.1 cm³/mol. The molecule has 0 aliphatic carbocycles. The van der Waals surface area contributed by atoms with Gasteiger partial charge >= 0.3 is 11.9 Å². The molecule has 0 amide bonds. The fourth-order valence-electron chi connectivity index (χ4n) is 2.63. The molecule has 0 saturated carbocycles. The van der Waals surface area contributed by atoms with Gasteiger partial charge in [-0.15, -0.1) is 0 Å². The summed E-state index contributed by atoms with van der Waals surface area (Å²) in [5.74, 6) is -0.525. The summed E-state index contributed by atoms with van der Waals surface area (Å²) in [6.45, 7) is 3.59. The van der Waals surface area contributed by atoms with Crippen molar-refractivity contribution in [3.05, 3.63) is 64.6 Å². The Hall–Kier alpha value is -3.20. The molecule has 1 heterocycles. The number of quaternary nitrogens is 1. The average Bonchev–Trinajstić information content (AvgIpc) is 2.97. The van der Waals surface area contributed by atoms with Crippen LogP contribution in [0.1, 0.15) is 33.4 Å². The number of benzene rings is 2. The van der Waals surface area contributed by atoms with E-state index in [0.29, 0.717) is 16.7 Å². The van der Waals surface area contributed by atoms with E-state index in [-0.39, 0.29) is 29.2 Å². The highest BCUT2D eigenvalue weighted by atomic mass is 16.8. The van der Waals surface area contributed by atoms with Gasteiger partial charge in [-0.3, -0.25) is 0 Å². The Balaban J connectivity index is 1.87. The highest BCUT2D eigenvalue weighted by molar-refractivity contribution is 6.05. The molecule has 0 fully saturated rings. The number of hydrogen-bond donors (Lipinski definition) is 2. The van der Waals surface area contributed by atoms with E-state index in [9.17, 15) is 14.8 Å². The molecule has 1 atom stereocenters. The smallest absolute Gasteiger partial charge is 0.343 e. The van der Waals surface area contributed by atoms with E-state index < -0.39 is 17.2 Å². The lowest BCUT2D eigenvalue weighted by Crippen LogP contribution is -2.99. The number of hydrogen-bond acceptors (Lipinski definition) is 7. The van der Waals surface area contributed by atoms with E-state index in [1.54, 1.807) is 26.0 Å². The van der Waals surface area contributed by atoms with Gasteiger partial charge in [-0.05, 0) is 44.2 Å². The first-order valence-electron chi connectivity index (χ1n) is 8.16. The van der Waals surface area contributed by atoms with Gasteiger partial charge in [-0.25, -0.2) is 14.8 Å². The van der Waals surface area contributed by atoms with Crippen LogP contribution in [0.2, 0.25) is 0 Å². The summed E-state index contributed by atoms with van der Waals surface area (Å²) < 4.78 is 15.9. The Kier molecular flexibility index (Phi) is 5.22. The molecule has 1 unspecified atom stereocenters. The molecule has 0 spiro atoms. The van der Waals surface area contributed by atoms with E-state index in [1.807, 2.05) is 0 Å². The topological polar surface area (TPSA) is 113 Å². The minimum Gasteiger partial charge on any atom is -0.595 e. The lowest BCUT2D eigenvalue weighted by molar-refractivity contribution is -0.991. The molecule has 8 nitrogen and oxygen atoms in total. The summed E-state index contributed by atoms with van der Waals surface area (Å²) in [6, 6.07) is 10.1. The van der Waals surface area contributed by atoms with E-state index in [4.69, 9.17) is 19.1 Å². The average molecular weight is 371 g/mol. The van der Waals surface area contributed by atoms with Crippen LogP contribution in [-0.2, 0) is 4.74 Å². The number of rotatable bonds is 5. The maximum Gasteiger partial charge on any atom is 0.343 e. The van der Waals surface area contributed by atoms with E-state index >= 15 is 0 Å². The van der Waals surface area contributed by atoms with Crippen molar-refractivity contribution in [2.45, 2.75) is 13.8 Å². The standard InChI is InChI=1S/C19H17NO7/c1-3-25-19(22)17-11(2)26-16-9-8-14(10-15(16)17)27-18(21)12-4-6-13(7-5-12)20(23)24/h4-10,20,23H,3H2,1-2H3. The van der Waals surface area contributed by atoms with Crippen molar-refractivity contribution in [3.63, 3.8) is 0 Å². The Morgan fingerprint density at radius 2 is 1.85 bits per heavy atom. The lowest BCUT2D eigenvalue weighted by atomic mass is 10.1. The van der Waals surface area contributed by atoms with Crippen LogP contribution >= 0.6 is 0 Å². The summed E-state index contributed by atoms with van der Waals surface area (Å²) in [5, 5.41) is 19.2. The quantitative estimate of drug-likeness (QED) is 0.402. The molecule has 0 aliphatic rings. The van der Waals surface area contributed by atoms with Gasteiger partial charge in [0.15, 0.2) is 5.69 Å². The van der Waals surface area contributed by atoms with Gasteiger partial charge < -0.3 is 19.1 Å². The molecule has 140 valence electrons. The zero-order chi connectivity index (χ0) is 19.6. The molecule has 1 aromatic heterocycles. The van der Waals surface area contributed by atoms with Crippen LogP contribution in [0, 0.1) is 12.1 Å². The van der Waals surface area contributed by atoms with E-state index in [1.165, 1.54) is 30.3 Å². The van der Waals surface area contributed by atoms with Crippen LogP contribution in [0.15, 0.2) is 46.9 Å². The fraction of sp³-hybridized carbons (Fsp3) is 0.158. The third-order valence-electron chi connectivity index (χ3n) is 3.89. The minimum atomic E-state index is -1.08. The molecule has 2 N–H and O–H groups in total. The van der Waals surface area contributed by atoms with Crippen molar-refractivity contribution in [1.82, 2.24) is 0 Å². The van der Waals surface area contributed by atoms with Gasteiger partial charge in [0.05, 0.1) is 12.2 Å². The van der Waals surface area contributed by atoms with Gasteiger partial charge in [-0.2, -0.15) is 5.23 Å². The molecular formula is C19H17NO7. The monoisotopic (exact) mass is 371 g/mol. The Morgan fingerprint density at radius 1 is 1.15 bits per heavy atom. The first-order valence-corrected chi connectivity index (χ1v) is 8.16. The SMILES string of the molecule is CCOC(=O)c1c(C)oc2ccc(OC(=O)c3ccc([NH+]([O-])O)cc3)cc12. The number of ether oxygens (including phenoxy) is 2. The zero-order valence-electron chi connectivity index (χ0n) is 14.6. The molecule has 0 aliphatic heterocycles. The van der Waals surface area contributed by atoms with E-state index in [0.717, 1.165) is 0 Å². The normalized spacial score (nSPS) is 12.0. The van der Waals surface area contributed by atoms with Crippen LogP contribution in [0.4, 0.5) is 5.69 Å². The number of esters is 2. The van der Waals surface area contributed by atoms with Crippen LogP contribution in [-0.4, -0.2) is 23.8 Å². The van der Waals surface area contributed by atoms with Crippen molar-refractivity contribution in [3.8, 4) is 5.75 Å². The lowest BCUT2D eigenvalue weighted by Gasteiger charge is -2.11. The predicted octanol–water partition coefficient (Wildman–Crippen LogP) is 2.54. The summed E-state index contributed by atoms with van der Waals surface area (Å²) >= 11 is 0. The van der Waals surface area contributed by atoms with Crippen LogP contribution in [0.25, 0.3) is 11.0 Å². The number of carbonyl (C=O) groups excluding carboxylic acids is 2. The summed E-state index contributed by atoms with van der Waals surface area (Å²) in [6.07, 6.45) is 0. The van der Waals surface area contributed by atoms with Crippen molar-refractivity contribution >= 4 is 28.6 Å². The molecular weight excluding hydrogens is 354 g/mol. The number of carbonyl (C=O) groups is 2. The first kappa shape index (κ1) is 18.6. The van der Waals surface area contributed by atoms with E-state index in [2.05, 4.69) is 0 Å². The van der Waals surface area contributed by atoms with Gasteiger partial charge in [-0.1, -0.05) is 0 Å². The highest BCUT2D eigenvalue weighted by Gasteiger charge is 2.20. The van der Waals surface area contributed by atoms with Gasteiger partial charge in [0.25, 0.3) is 0 Å².